The van der Waals surface area contributed by atoms with Crippen LogP contribution < -0.4 is 5.32 Å². The summed E-state index contributed by atoms with van der Waals surface area (Å²) in [6, 6.07) is 4.73. The predicted octanol–water partition coefficient (Wildman–Crippen LogP) is 3.94. The molecule has 2 amide bonds. The zero-order chi connectivity index (χ0) is 17.1. The van der Waals surface area contributed by atoms with E-state index in [-0.39, 0.29) is 23.4 Å². The average molecular weight is 384 g/mol. The monoisotopic (exact) mass is 383 g/mol. The van der Waals surface area contributed by atoms with E-state index >= 15 is 0 Å². The zero-order valence-electron chi connectivity index (χ0n) is 12.7. The second-order valence-corrected chi connectivity index (χ2v) is 7.38. The van der Waals surface area contributed by atoms with Crippen LogP contribution in [0.5, 0.6) is 0 Å². The molecule has 1 aromatic heterocycles. The molecule has 0 atom stereocenters. The Labute approximate surface area is 153 Å². The van der Waals surface area contributed by atoms with Crippen LogP contribution >= 0.6 is 34.5 Å². The number of carbonyl (C=O) groups excluding carboxylic acids is 2. The van der Waals surface area contributed by atoms with E-state index in [0.717, 1.165) is 12.8 Å². The van der Waals surface area contributed by atoms with Gasteiger partial charge in [-0.1, -0.05) is 23.2 Å². The van der Waals surface area contributed by atoms with Crippen molar-refractivity contribution >= 4 is 51.5 Å². The number of aromatic nitrogens is 1. The summed E-state index contributed by atoms with van der Waals surface area (Å²) in [6.45, 7) is 0.511. The molecule has 126 valence electrons. The maximum absolute atomic E-state index is 12.8. The number of carbonyl (C=O) groups is 2. The molecule has 0 radical (unpaired) electrons. The average Bonchev–Trinajstić information content (AvgIpc) is 3.20. The minimum absolute atomic E-state index is 0.0339. The predicted molar refractivity (Wildman–Crippen MR) is 95.8 cm³/mol. The first-order valence-electron chi connectivity index (χ1n) is 7.46. The van der Waals surface area contributed by atoms with E-state index in [0.29, 0.717) is 28.2 Å². The number of halogens is 2. The van der Waals surface area contributed by atoms with Gasteiger partial charge in [0.2, 0.25) is 5.91 Å². The van der Waals surface area contributed by atoms with Crippen molar-refractivity contribution in [2.75, 3.05) is 18.4 Å². The standard InChI is InChI=1S/C16H15Cl2N3O2S/c17-11-3-4-12(13(18)7-11)15(23)21(8-10-1-2-10)9-14(22)20-16-19-5-6-24-16/h3-7,10H,1-2,8-9H2,(H,19,20,22). The molecule has 1 aliphatic rings. The molecule has 1 N–H and O–H groups in total. The van der Waals surface area contributed by atoms with Crippen LogP contribution in [0.15, 0.2) is 29.8 Å². The van der Waals surface area contributed by atoms with Gasteiger partial charge in [0, 0.05) is 23.1 Å². The third-order valence-corrected chi connectivity index (χ3v) is 4.87. The van der Waals surface area contributed by atoms with Crippen LogP contribution in [0.1, 0.15) is 23.2 Å². The highest BCUT2D eigenvalue weighted by molar-refractivity contribution is 7.13. The van der Waals surface area contributed by atoms with Crippen molar-refractivity contribution in [3.63, 3.8) is 0 Å². The van der Waals surface area contributed by atoms with Gasteiger partial charge < -0.3 is 10.2 Å². The van der Waals surface area contributed by atoms with Crippen molar-refractivity contribution < 1.29 is 9.59 Å². The van der Waals surface area contributed by atoms with E-state index in [1.165, 1.54) is 22.3 Å². The quantitative estimate of drug-likeness (QED) is 0.821. The lowest BCUT2D eigenvalue weighted by Crippen LogP contribution is -2.39. The first kappa shape index (κ1) is 17.2. The number of hydrogen-bond donors (Lipinski definition) is 1. The molecular weight excluding hydrogens is 369 g/mol. The van der Waals surface area contributed by atoms with E-state index in [4.69, 9.17) is 23.2 Å². The molecule has 1 aliphatic carbocycles. The smallest absolute Gasteiger partial charge is 0.255 e. The second-order valence-electron chi connectivity index (χ2n) is 5.64. The van der Waals surface area contributed by atoms with E-state index in [1.54, 1.807) is 23.7 Å². The van der Waals surface area contributed by atoms with Crippen molar-refractivity contribution in [2.45, 2.75) is 12.8 Å². The number of amides is 2. The van der Waals surface area contributed by atoms with Crippen molar-refractivity contribution in [2.24, 2.45) is 5.92 Å². The molecule has 1 heterocycles. The summed E-state index contributed by atoms with van der Waals surface area (Å²) in [5.74, 6) is -0.0884. The molecule has 3 rings (SSSR count). The SMILES string of the molecule is O=C(CN(CC1CC1)C(=O)c1ccc(Cl)cc1Cl)Nc1nccs1. The Morgan fingerprint density at radius 3 is 2.75 bits per heavy atom. The number of hydrogen-bond acceptors (Lipinski definition) is 4. The van der Waals surface area contributed by atoms with E-state index in [9.17, 15) is 9.59 Å². The van der Waals surface area contributed by atoms with Gasteiger partial charge >= 0.3 is 0 Å². The fraction of sp³-hybridized carbons (Fsp3) is 0.312. The van der Waals surface area contributed by atoms with Gasteiger partial charge in [-0.15, -0.1) is 11.3 Å². The van der Waals surface area contributed by atoms with Gasteiger partial charge in [-0.05, 0) is 37.0 Å². The van der Waals surface area contributed by atoms with Gasteiger partial charge in [0.05, 0.1) is 10.6 Å². The molecule has 1 saturated carbocycles. The van der Waals surface area contributed by atoms with E-state index < -0.39 is 0 Å². The number of nitrogens with zero attached hydrogens (tertiary/aromatic N) is 2. The molecular formula is C16H15Cl2N3O2S. The Kier molecular flexibility index (Phi) is 5.38. The Morgan fingerprint density at radius 1 is 1.33 bits per heavy atom. The van der Waals surface area contributed by atoms with Crippen LogP contribution in [-0.2, 0) is 4.79 Å². The van der Waals surface area contributed by atoms with Crippen molar-refractivity contribution in [3.8, 4) is 0 Å². The number of thiazole rings is 1. The molecule has 0 aliphatic heterocycles. The first-order valence-corrected chi connectivity index (χ1v) is 9.10. The number of nitrogens with one attached hydrogen (secondary N) is 1. The van der Waals surface area contributed by atoms with Crippen LogP contribution in [0.4, 0.5) is 5.13 Å². The maximum atomic E-state index is 12.8. The number of benzene rings is 1. The van der Waals surface area contributed by atoms with Gasteiger partial charge in [-0.3, -0.25) is 9.59 Å². The van der Waals surface area contributed by atoms with Gasteiger partial charge in [0.15, 0.2) is 5.13 Å². The molecule has 5 nitrogen and oxygen atoms in total. The highest BCUT2D eigenvalue weighted by atomic mass is 35.5. The second kappa shape index (κ2) is 7.51. The van der Waals surface area contributed by atoms with Gasteiger partial charge in [0.1, 0.15) is 6.54 Å². The van der Waals surface area contributed by atoms with Gasteiger partial charge in [0.25, 0.3) is 5.91 Å². The lowest BCUT2D eigenvalue weighted by molar-refractivity contribution is -0.116. The highest BCUT2D eigenvalue weighted by Crippen LogP contribution is 2.31. The number of anilines is 1. The van der Waals surface area contributed by atoms with Gasteiger partial charge in [-0.2, -0.15) is 0 Å². The highest BCUT2D eigenvalue weighted by Gasteiger charge is 2.29. The minimum atomic E-state index is -0.274. The molecule has 8 heteroatoms. The normalized spacial score (nSPS) is 13.6. The molecule has 0 unspecified atom stereocenters. The van der Waals surface area contributed by atoms with Crippen molar-refractivity contribution in [1.82, 2.24) is 9.88 Å². The maximum Gasteiger partial charge on any atom is 0.255 e. The Balaban J connectivity index is 1.72. The Hall–Kier alpha value is -1.63. The number of rotatable bonds is 6. The molecule has 1 fully saturated rings. The molecule has 2 aromatic rings. The van der Waals surface area contributed by atoms with Gasteiger partial charge in [-0.25, -0.2) is 4.98 Å². The van der Waals surface area contributed by atoms with E-state index in [1.807, 2.05) is 0 Å². The fourth-order valence-corrected chi connectivity index (χ4v) is 3.32. The molecule has 1 aromatic carbocycles. The first-order chi connectivity index (χ1) is 11.5. The molecule has 24 heavy (non-hydrogen) atoms. The molecule has 0 spiro atoms. The topological polar surface area (TPSA) is 62.3 Å². The van der Waals surface area contributed by atoms with Crippen LogP contribution in [-0.4, -0.2) is 34.8 Å². The zero-order valence-corrected chi connectivity index (χ0v) is 15.0. The Morgan fingerprint density at radius 2 is 2.12 bits per heavy atom. The summed E-state index contributed by atoms with van der Waals surface area (Å²) in [6.07, 6.45) is 3.76. The third-order valence-electron chi connectivity index (χ3n) is 3.64. The van der Waals surface area contributed by atoms with Crippen molar-refractivity contribution in [3.05, 3.63) is 45.4 Å². The summed E-state index contributed by atoms with van der Waals surface area (Å²) >= 11 is 13.3. The van der Waals surface area contributed by atoms with E-state index in [2.05, 4.69) is 10.3 Å². The third kappa shape index (κ3) is 4.47. The van der Waals surface area contributed by atoms with Crippen molar-refractivity contribution in [1.29, 1.82) is 0 Å². The fourth-order valence-electron chi connectivity index (χ4n) is 2.28. The van der Waals surface area contributed by atoms with Crippen LogP contribution in [0.3, 0.4) is 0 Å². The largest absolute Gasteiger partial charge is 0.329 e. The lowest BCUT2D eigenvalue weighted by atomic mass is 10.2. The van der Waals surface area contributed by atoms with Crippen LogP contribution in [0.2, 0.25) is 10.0 Å². The minimum Gasteiger partial charge on any atom is -0.329 e. The summed E-state index contributed by atoms with van der Waals surface area (Å²) in [5, 5.41) is 5.74. The summed E-state index contributed by atoms with van der Waals surface area (Å²) in [5.41, 5.74) is 0.351. The summed E-state index contributed by atoms with van der Waals surface area (Å²) in [7, 11) is 0. The van der Waals surface area contributed by atoms with Crippen LogP contribution in [0.25, 0.3) is 0 Å². The summed E-state index contributed by atoms with van der Waals surface area (Å²) in [4.78, 5) is 30.5. The van der Waals surface area contributed by atoms with Crippen LogP contribution in [0, 0.1) is 5.92 Å². The molecule has 0 bridgehead atoms. The molecule has 0 saturated heterocycles. The Bertz CT molecular complexity index is 748. The lowest BCUT2D eigenvalue weighted by Gasteiger charge is -2.22. The summed E-state index contributed by atoms with van der Waals surface area (Å²) < 4.78 is 0.